The maximum atomic E-state index is 5.66. The van der Waals surface area contributed by atoms with Crippen LogP contribution in [-0.2, 0) is 17.6 Å². The highest BCUT2D eigenvalue weighted by Gasteiger charge is 2.14. The number of hydrogen-bond acceptors (Lipinski definition) is 1. The molecule has 0 aromatic heterocycles. The van der Waals surface area contributed by atoms with Crippen LogP contribution in [0.4, 0.5) is 0 Å². The van der Waals surface area contributed by atoms with Crippen LogP contribution >= 0.6 is 0 Å². The zero-order valence-electron chi connectivity index (χ0n) is 18.2. The Hall–Kier alpha value is -3.06. The normalized spacial score (nSPS) is 12.1. The van der Waals surface area contributed by atoms with Gasteiger partial charge in [-0.25, -0.2) is 0 Å². The number of ether oxygens (including phenoxy) is 1. The van der Waals surface area contributed by atoms with Gasteiger partial charge in [-0.2, -0.15) is 0 Å². The molecule has 0 bridgehead atoms. The van der Waals surface area contributed by atoms with Crippen molar-refractivity contribution in [3.05, 3.63) is 131 Å². The summed E-state index contributed by atoms with van der Waals surface area (Å²) < 4.78 is 5.66. The van der Waals surface area contributed by atoms with E-state index in [1.165, 1.54) is 47.1 Å². The van der Waals surface area contributed by atoms with Crippen molar-refractivity contribution in [2.24, 2.45) is 0 Å². The average Bonchev–Trinajstić information content (AvgIpc) is 2.74. The Bertz CT molecular complexity index is 888. The molecule has 0 spiro atoms. The smallest absolute Gasteiger partial charge is 0.118 e. The summed E-state index contributed by atoms with van der Waals surface area (Å²) in [6, 6.07) is 31.6. The average molecular weight is 397 g/mol. The number of aryl methyl sites for hydroxylation is 1. The minimum absolute atomic E-state index is 0.968. The molecule has 4 rings (SSSR count). The fraction of sp³-hybridized carbons (Fsp3) is 0.241. The maximum absolute atomic E-state index is 5.66. The van der Waals surface area contributed by atoms with Crippen molar-refractivity contribution in [2.75, 3.05) is 7.11 Å². The molecule has 1 heteroatoms. The van der Waals surface area contributed by atoms with Gasteiger partial charge in [0.15, 0.2) is 0 Å². The standard InChI is InChI=1S/C22H24O.C7H8/c1-23-22(21-13-8-14-21)17-20(15-18-9-4-2-5-10-18)16-19-11-6-3-7-12-19;1-7-5-3-2-4-6-7/h2-7,9-12,17H,8,13-16H2,1H3;2-6H,1H3. The number of hydrogen-bond donors (Lipinski definition) is 0. The highest BCUT2D eigenvalue weighted by Crippen LogP contribution is 2.30. The Balaban J connectivity index is 0.000000310. The van der Waals surface area contributed by atoms with E-state index in [2.05, 4.69) is 85.8 Å². The first-order valence-electron chi connectivity index (χ1n) is 10.8. The van der Waals surface area contributed by atoms with E-state index in [-0.39, 0.29) is 0 Å². The quantitative estimate of drug-likeness (QED) is 0.392. The maximum Gasteiger partial charge on any atom is 0.118 e. The molecule has 0 unspecified atom stereocenters. The minimum atomic E-state index is 0.968. The second kappa shape index (κ2) is 11.8. The molecular weight excluding hydrogens is 364 g/mol. The highest BCUT2D eigenvalue weighted by atomic mass is 16.5. The lowest BCUT2D eigenvalue weighted by atomic mass is 9.89. The molecule has 0 amide bonds. The summed E-state index contributed by atoms with van der Waals surface area (Å²) in [6.07, 6.45) is 7.87. The summed E-state index contributed by atoms with van der Waals surface area (Å²) in [5.74, 6) is 1.08. The zero-order chi connectivity index (χ0) is 21.0. The Morgan fingerprint density at radius 3 is 1.53 bits per heavy atom. The van der Waals surface area contributed by atoms with Crippen LogP contribution < -0.4 is 0 Å². The van der Waals surface area contributed by atoms with Crippen LogP contribution in [0.2, 0.25) is 0 Å². The summed E-state index contributed by atoms with van der Waals surface area (Å²) in [7, 11) is 1.79. The van der Waals surface area contributed by atoms with Gasteiger partial charge in [0.05, 0.1) is 7.11 Å². The molecule has 1 saturated carbocycles. The minimum Gasteiger partial charge on any atom is -0.497 e. The molecule has 30 heavy (non-hydrogen) atoms. The summed E-state index contributed by atoms with van der Waals surface area (Å²) in [5, 5.41) is 0. The third-order valence-corrected chi connectivity index (χ3v) is 5.35. The Morgan fingerprint density at radius 1 is 0.733 bits per heavy atom. The van der Waals surface area contributed by atoms with Crippen molar-refractivity contribution in [3.8, 4) is 0 Å². The molecule has 0 N–H and O–H groups in total. The zero-order valence-corrected chi connectivity index (χ0v) is 18.2. The van der Waals surface area contributed by atoms with E-state index in [9.17, 15) is 0 Å². The molecule has 1 aliphatic carbocycles. The number of allylic oxidation sites excluding steroid dienone is 3. The number of methoxy groups -OCH3 is 1. The van der Waals surface area contributed by atoms with Crippen LogP contribution in [0.5, 0.6) is 0 Å². The van der Waals surface area contributed by atoms with E-state index in [0.29, 0.717) is 0 Å². The fourth-order valence-corrected chi connectivity index (χ4v) is 3.51. The van der Waals surface area contributed by atoms with Crippen molar-refractivity contribution in [2.45, 2.75) is 39.0 Å². The van der Waals surface area contributed by atoms with Gasteiger partial charge in [0, 0.05) is 0 Å². The van der Waals surface area contributed by atoms with Crippen molar-refractivity contribution in [1.82, 2.24) is 0 Å². The summed E-state index contributed by atoms with van der Waals surface area (Å²) in [4.78, 5) is 0. The summed E-state index contributed by atoms with van der Waals surface area (Å²) >= 11 is 0. The Kier molecular flexibility index (Phi) is 8.53. The monoisotopic (exact) mass is 396 g/mol. The SMILES string of the molecule is COC(C=C(Cc1ccccc1)Cc1ccccc1)=C1CCC1.Cc1ccccc1. The molecular formula is C29H32O. The van der Waals surface area contributed by atoms with Crippen LogP contribution in [0.1, 0.15) is 36.0 Å². The third-order valence-electron chi connectivity index (χ3n) is 5.35. The second-order valence-electron chi connectivity index (χ2n) is 7.81. The van der Waals surface area contributed by atoms with E-state index >= 15 is 0 Å². The molecule has 0 radical (unpaired) electrons. The molecule has 0 atom stereocenters. The third kappa shape index (κ3) is 7.08. The fourth-order valence-electron chi connectivity index (χ4n) is 3.51. The molecule has 0 aliphatic heterocycles. The number of benzene rings is 3. The van der Waals surface area contributed by atoms with Crippen LogP contribution in [0.25, 0.3) is 0 Å². The van der Waals surface area contributed by atoms with Gasteiger partial charge in [0.2, 0.25) is 0 Å². The molecule has 0 heterocycles. The van der Waals surface area contributed by atoms with E-state index in [1.54, 1.807) is 7.11 Å². The number of rotatable bonds is 6. The van der Waals surface area contributed by atoms with Gasteiger partial charge in [-0.05, 0) is 61.8 Å². The van der Waals surface area contributed by atoms with Gasteiger partial charge in [-0.3, -0.25) is 0 Å². The molecule has 1 aliphatic rings. The van der Waals surface area contributed by atoms with Gasteiger partial charge in [-0.15, -0.1) is 0 Å². The Morgan fingerprint density at radius 2 is 1.20 bits per heavy atom. The van der Waals surface area contributed by atoms with Gasteiger partial charge in [-0.1, -0.05) is 102 Å². The predicted octanol–water partition coefficient (Wildman–Crippen LogP) is 7.48. The van der Waals surface area contributed by atoms with E-state index in [1.807, 2.05) is 18.2 Å². The van der Waals surface area contributed by atoms with Gasteiger partial charge >= 0.3 is 0 Å². The molecule has 1 fully saturated rings. The van der Waals surface area contributed by atoms with Crippen LogP contribution in [0.3, 0.4) is 0 Å². The van der Waals surface area contributed by atoms with Crippen LogP contribution in [0, 0.1) is 6.92 Å². The Labute approximate surface area is 181 Å². The lowest BCUT2D eigenvalue weighted by Crippen LogP contribution is -2.04. The molecule has 3 aromatic carbocycles. The summed E-state index contributed by atoms with van der Waals surface area (Å²) in [5.41, 5.74) is 6.89. The first-order chi connectivity index (χ1) is 14.7. The molecule has 1 nitrogen and oxygen atoms in total. The molecule has 3 aromatic rings. The molecule has 154 valence electrons. The van der Waals surface area contributed by atoms with E-state index < -0.39 is 0 Å². The van der Waals surface area contributed by atoms with Crippen LogP contribution in [0.15, 0.2) is 114 Å². The van der Waals surface area contributed by atoms with Gasteiger partial charge in [0.25, 0.3) is 0 Å². The lowest BCUT2D eigenvalue weighted by Gasteiger charge is -2.20. The lowest BCUT2D eigenvalue weighted by molar-refractivity contribution is 0.293. The first-order valence-corrected chi connectivity index (χ1v) is 10.8. The van der Waals surface area contributed by atoms with E-state index in [4.69, 9.17) is 4.74 Å². The largest absolute Gasteiger partial charge is 0.497 e. The summed E-state index contributed by atoms with van der Waals surface area (Å²) in [6.45, 7) is 2.08. The highest BCUT2D eigenvalue weighted by molar-refractivity contribution is 5.34. The second-order valence-corrected chi connectivity index (χ2v) is 7.81. The van der Waals surface area contributed by atoms with Crippen LogP contribution in [-0.4, -0.2) is 7.11 Å². The van der Waals surface area contributed by atoms with Crippen molar-refractivity contribution >= 4 is 0 Å². The van der Waals surface area contributed by atoms with E-state index in [0.717, 1.165) is 18.6 Å². The van der Waals surface area contributed by atoms with Gasteiger partial charge in [0.1, 0.15) is 5.76 Å². The van der Waals surface area contributed by atoms with Crippen molar-refractivity contribution in [1.29, 1.82) is 0 Å². The molecule has 0 saturated heterocycles. The topological polar surface area (TPSA) is 9.23 Å². The van der Waals surface area contributed by atoms with Crippen molar-refractivity contribution < 1.29 is 4.74 Å². The van der Waals surface area contributed by atoms with Crippen molar-refractivity contribution in [3.63, 3.8) is 0 Å². The first kappa shape index (κ1) is 21.6. The predicted molar refractivity (Wildman–Crippen MR) is 127 cm³/mol. The van der Waals surface area contributed by atoms with Gasteiger partial charge < -0.3 is 4.74 Å².